The van der Waals surface area contributed by atoms with Gasteiger partial charge in [-0.3, -0.25) is 4.68 Å². The molecule has 0 saturated carbocycles. The highest BCUT2D eigenvalue weighted by Gasteiger charge is 2.07. The largest absolute Gasteiger partial charge is 0.327 e. The number of nitrogens with zero attached hydrogens (tertiary/aromatic N) is 6. The minimum absolute atomic E-state index is 0.449. The van der Waals surface area contributed by atoms with Crippen molar-refractivity contribution in [3.8, 4) is 17.3 Å². The van der Waals surface area contributed by atoms with Crippen molar-refractivity contribution < 1.29 is 0 Å². The van der Waals surface area contributed by atoms with E-state index in [1.54, 1.807) is 23.1 Å². The molecule has 0 atom stereocenters. The van der Waals surface area contributed by atoms with Crippen molar-refractivity contribution in [1.82, 2.24) is 19.3 Å². The third-order valence-electron chi connectivity index (χ3n) is 3.36. The predicted molar refractivity (Wildman–Crippen MR) is 86.2 cm³/mol. The van der Waals surface area contributed by atoms with Gasteiger partial charge in [0.15, 0.2) is 5.49 Å². The van der Waals surface area contributed by atoms with E-state index in [2.05, 4.69) is 15.1 Å². The third kappa shape index (κ3) is 3.30. The molecule has 0 bridgehead atoms. The summed E-state index contributed by atoms with van der Waals surface area (Å²) in [6.45, 7) is 0.540. The first-order valence-electron chi connectivity index (χ1n) is 6.89. The van der Waals surface area contributed by atoms with Gasteiger partial charge in [0.2, 0.25) is 6.19 Å². The van der Waals surface area contributed by atoms with Gasteiger partial charge < -0.3 is 4.57 Å². The van der Waals surface area contributed by atoms with Crippen LogP contribution in [0.4, 0.5) is 0 Å². The molecule has 23 heavy (non-hydrogen) atoms. The van der Waals surface area contributed by atoms with E-state index in [0.717, 1.165) is 16.7 Å². The van der Waals surface area contributed by atoms with Gasteiger partial charge in [0.05, 0.1) is 12.7 Å². The molecule has 0 amide bonds. The van der Waals surface area contributed by atoms with Gasteiger partial charge in [0.1, 0.15) is 5.15 Å². The molecule has 3 rings (SSSR count). The zero-order chi connectivity index (χ0) is 16.2. The third-order valence-corrected chi connectivity index (χ3v) is 3.58. The summed E-state index contributed by atoms with van der Waals surface area (Å²) < 4.78 is 3.61. The fourth-order valence-electron chi connectivity index (χ4n) is 2.32. The summed E-state index contributed by atoms with van der Waals surface area (Å²) in [5.74, 6) is 0. The molecule has 0 aliphatic carbocycles. The van der Waals surface area contributed by atoms with Crippen LogP contribution >= 0.6 is 11.6 Å². The second-order valence-electron chi connectivity index (χ2n) is 4.98. The van der Waals surface area contributed by atoms with Crippen LogP contribution in [0.1, 0.15) is 5.56 Å². The lowest BCUT2D eigenvalue weighted by Crippen LogP contribution is -2.23. The summed E-state index contributed by atoms with van der Waals surface area (Å²) in [6, 6.07) is 7.48. The first-order valence-corrected chi connectivity index (χ1v) is 7.27. The van der Waals surface area contributed by atoms with Crippen molar-refractivity contribution in [2.75, 3.05) is 0 Å². The van der Waals surface area contributed by atoms with Gasteiger partial charge in [-0.1, -0.05) is 17.7 Å². The zero-order valence-corrected chi connectivity index (χ0v) is 13.1. The summed E-state index contributed by atoms with van der Waals surface area (Å²) in [5, 5.41) is 13.7. The van der Waals surface area contributed by atoms with E-state index in [9.17, 15) is 0 Å². The van der Waals surface area contributed by atoms with Gasteiger partial charge in [0, 0.05) is 36.8 Å². The van der Waals surface area contributed by atoms with E-state index < -0.39 is 0 Å². The molecule has 0 radical (unpaired) electrons. The van der Waals surface area contributed by atoms with Crippen LogP contribution in [-0.2, 0) is 13.6 Å². The van der Waals surface area contributed by atoms with Crippen LogP contribution in [0.3, 0.4) is 0 Å². The van der Waals surface area contributed by atoms with Crippen LogP contribution in [0.25, 0.3) is 11.1 Å². The van der Waals surface area contributed by atoms with E-state index in [4.69, 9.17) is 16.9 Å². The average molecular weight is 325 g/mol. The average Bonchev–Trinajstić information content (AvgIpc) is 2.98. The number of aromatic nitrogens is 4. The fraction of sp³-hybridized carbons (Fsp3) is 0.125. The second kappa shape index (κ2) is 6.46. The molecule has 3 aromatic heterocycles. The Balaban J connectivity index is 2.09. The summed E-state index contributed by atoms with van der Waals surface area (Å²) in [6.07, 6.45) is 9.11. The topological polar surface area (TPSA) is 71.8 Å². The molecule has 0 saturated heterocycles. The predicted octanol–water partition coefficient (Wildman–Crippen LogP) is 2.37. The van der Waals surface area contributed by atoms with Crippen molar-refractivity contribution in [2.45, 2.75) is 6.54 Å². The number of halogens is 1. The van der Waals surface area contributed by atoms with Crippen molar-refractivity contribution >= 4 is 11.6 Å². The second-order valence-corrected chi connectivity index (χ2v) is 5.36. The Morgan fingerprint density at radius 2 is 2.17 bits per heavy atom. The van der Waals surface area contributed by atoms with E-state index >= 15 is 0 Å². The fourth-order valence-corrected chi connectivity index (χ4v) is 2.44. The maximum Gasteiger partial charge on any atom is 0.207 e. The van der Waals surface area contributed by atoms with E-state index in [0.29, 0.717) is 17.2 Å². The molecule has 0 unspecified atom stereocenters. The first kappa shape index (κ1) is 15.0. The van der Waals surface area contributed by atoms with Gasteiger partial charge in [0.25, 0.3) is 0 Å². The zero-order valence-electron chi connectivity index (χ0n) is 12.4. The molecule has 0 aliphatic rings. The molecule has 0 N–H and O–H groups in total. The van der Waals surface area contributed by atoms with Gasteiger partial charge in [-0.05, 0) is 23.8 Å². The lowest BCUT2D eigenvalue weighted by molar-refractivity contribution is 0.743. The monoisotopic (exact) mass is 324 g/mol. The van der Waals surface area contributed by atoms with Crippen LogP contribution in [-0.4, -0.2) is 19.3 Å². The maximum absolute atomic E-state index is 9.04. The highest BCUT2D eigenvalue weighted by atomic mass is 35.5. The van der Waals surface area contributed by atoms with Gasteiger partial charge in [-0.25, -0.2) is 4.98 Å². The Morgan fingerprint density at radius 3 is 2.83 bits per heavy atom. The number of nitriles is 1. The van der Waals surface area contributed by atoms with Crippen molar-refractivity contribution in [3.63, 3.8) is 0 Å². The SMILES string of the molecule is Cn1cc(-c2cccn(Cc3ccc(Cl)nc3)c2=NC#N)cn1. The Hall–Kier alpha value is -2.91. The van der Waals surface area contributed by atoms with E-state index in [1.807, 2.05) is 48.4 Å². The van der Waals surface area contributed by atoms with E-state index in [1.165, 1.54) is 0 Å². The van der Waals surface area contributed by atoms with Gasteiger partial charge >= 0.3 is 0 Å². The van der Waals surface area contributed by atoms with E-state index in [-0.39, 0.29) is 0 Å². The molecule has 0 fully saturated rings. The Bertz CT molecular complexity index is 930. The number of pyridine rings is 2. The first-order chi connectivity index (χ1) is 11.2. The molecule has 0 aliphatic heterocycles. The Labute approximate surface area is 137 Å². The van der Waals surface area contributed by atoms with Crippen LogP contribution in [0.5, 0.6) is 0 Å². The molecule has 7 heteroatoms. The number of aryl methyl sites for hydroxylation is 1. The van der Waals surface area contributed by atoms with Crippen molar-refractivity contribution in [2.24, 2.45) is 12.0 Å². The lowest BCUT2D eigenvalue weighted by Gasteiger charge is -2.09. The number of hydrogen-bond donors (Lipinski definition) is 0. The van der Waals surface area contributed by atoms with Gasteiger partial charge in [-0.15, -0.1) is 0 Å². The molecule has 0 spiro atoms. The summed E-state index contributed by atoms with van der Waals surface area (Å²) in [7, 11) is 1.85. The molecule has 114 valence electrons. The smallest absolute Gasteiger partial charge is 0.207 e. The number of rotatable bonds is 3. The highest BCUT2D eigenvalue weighted by Crippen LogP contribution is 2.14. The summed E-state index contributed by atoms with van der Waals surface area (Å²) in [5.41, 5.74) is 3.31. The molecule has 3 heterocycles. The normalized spacial score (nSPS) is 11.4. The molecular formula is C16H13ClN6. The molecule has 0 aromatic carbocycles. The van der Waals surface area contributed by atoms with Crippen LogP contribution < -0.4 is 5.49 Å². The van der Waals surface area contributed by atoms with Crippen LogP contribution in [0.15, 0.2) is 54.0 Å². The summed E-state index contributed by atoms with van der Waals surface area (Å²) in [4.78, 5) is 8.07. The summed E-state index contributed by atoms with van der Waals surface area (Å²) >= 11 is 5.81. The Kier molecular flexibility index (Phi) is 4.22. The minimum atomic E-state index is 0.449. The maximum atomic E-state index is 9.04. The highest BCUT2D eigenvalue weighted by molar-refractivity contribution is 6.29. The molecular weight excluding hydrogens is 312 g/mol. The van der Waals surface area contributed by atoms with Crippen molar-refractivity contribution in [1.29, 1.82) is 5.26 Å². The Morgan fingerprint density at radius 1 is 1.30 bits per heavy atom. The standard InChI is InChI=1S/C16H13ClN6/c1-22-10-13(8-21-22)14-3-2-6-23(16(14)20-11-18)9-12-4-5-15(17)19-7-12/h2-8,10H,9H2,1H3. The van der Waals surface area contributed by atoms with Gasteiger partial charge in [-0.2, -0.15) is 15.4 Å². The van der Waals surface area contributed by atoms with Crippen LogP contribution in [0.2, 0.25) is 5.15 Å². The quantitative estimate of drug-likeness (QED) is 0.548. The minimum Gasteiger partial charge on any atom is -0.327 e. The van der Waals surface area contributed by atoms with Crippen LogP contribution in [0, 0.1) is 11.5 Å². The van der Waals surface area contributed by atoms with Crippen molar-refractivity contribution in [3.05, 3.63) is 65.3 Å². The molecule has 3 aromatic rings. The number of hydrogen-bond acceptors (Lipinski definition) is 4. The lowest BCUT2D eigenvalue weighted by atomic mass is 10.1. The molecule has 6 nitrogen and oxygen atoms in total.